The quantitative estimate of drug-likeness (QED) is 0.0460. The fraction of sp³-hybridized carbons (Fsp3) is 0.143. The van der Waals surface area contributed by atoms with Gasteiger partial charge >= 0.3 is 23.9 Å². The number of benzene rings is 6. The van der Waals surface area contributed by atoms with E-state index in [9.17, 15) is 19.2 Å². The minimum Gasteiger partial charge on any atom is -0.423 e. The molecule has 0 spiro atoms. The number of carbonyl (C=O) groups is 4. The Morgan fingerprint density at radius 2 is 0.485 bits per heavy atom. The summed E-state index contributed by atoms with van der Waals surface area (Å²) in [4.78, 5) is 47.3. The van der Waals surface area contributed by atoms with Crippen molar-refractivity contribution in [2.75, 3.05) is 0 Å². The van der Waals surface area contributed by atoms with E-state index in [1.165, 1.54) is 0 Å². The van der Waals surface area contributed by atoms with Gasteiger partial charge < -0.3 is 18.9 Å². The summed E-state index contributed by atoms with van der Waals surface area (Å²) in [5.41, 5.74) is 7.33. The Hall–Kier alpha value is -7.26. The van der Waals surface area contributed by atoms with E-state index in [1.807, 2.05) is 111 Å². The molecule has 0 aromatic heterocycles. The number of hydrogen-bond donors (Lipinski definition) is 0. The lowest BCUT2D eigenvalue weighted by molar-refractivity contribution is -0.130. The summed E-state index contributed by atoms with van der Waals surface area (Å²) >= 11 is 12.1. The van der Waals surface area contributed by atoms with Crippen LogP contribution < -0.4 is 18.9 Å². The highest BCUT2D eigenvalue weighted by Crippen LogP contribution is 2.36. The summed E-state index contributed by atoms with van der Waals surface area (Å²) < 4.78 is 21.2. The van der Waals surface area contributed by atoms with Crippen LogP contribution in [-0.2, 0) is 19.2 Å². The molecule has 0 fully saturated rings. The van der Waals surface area contributed by atoms with E-state index in [-0.39, 0.29) is 11.8 Å². The van der Waals surface area contributed by atoms with Crippen molar-refractivity contribution in [3.05, 3.63) is 238 Å². The average molecular weight is 924 g/mol. The summed E-state index contributed by atoms with van der Waals surface area (Å²) in [6, 6.07) is 44.6. The summed E-state index contributed by atoms with van der Waals surface area (Å²) in [7, 11) is 0. The molecule has 0 unspecified atom stereocenters. The van der Waals surface area contributed by atoms with Gasteiger partial charge in [0.2, 0.25) is 0 Å². The van der Waals surface area contributed by atoms with Gasteiger partial charge in [-0.3, -0.25) is 0 Å². The average Bonchev–Trinajstić information content (AvgIpc) is 3.30. The van der Waals surface area contributed by atoms with Crippen LogP contribution in [0.15, 0.2) is 194 Å². The molecule has 0 amide bonds. The zero-order chi connectivity index (χ0) is 48.5. The number of carbonyl (C=O) groups excluding carboxylic acids is 4. The SMILES string of the molecule is C=C(C)C(=O)Oc1ccc(C(c2ccc(Cl)cc2)c2ccc(Cl)cc2)cc1.C=C(C)C(=O)Oc1ccc(C(c2ccc(OC(=O)C(=C)C)cc2)c2ccc(OC(=O)C(=C)C)cc2)cc1.CC. The first-order valence-corrected chi connectivity index (χ1v) is 21.7. The van der Waals surface area contributed by atoms with E-state index < -0.39 is 23.9 Å². The zero-order valence-corrected chi connectivity index (χ0v) is 39.4. The van der Waals surface area contributed by atoms with Gasteiger partial charge in [0.15, 0.2) is 0 Å². The zero-order valence-electron chi connectivity index (χ0n) is 37.9. The van der Waals surface area contributed by atoms with Gasteiger partial charge in [0, 0.05) is 44.2 Å². The molecule has 0 bridgehead atoms. The van der Waals surface area contributed by atoms with Crippen molar-refractivity contribution >= 4 is 47.1 Å². The van der Waals surface area contributed by atoms with Gasteiger partial charge in [-0.15, -0.1) is 0 Å². The molecule has 0 saturated carbocycles. The van der Waals surface area contributed by atoms with Crippen molar-refractivity contribution in [3.8, 4) is 23.0 Å². The maximum Gasteiger partial charge on any atom is 0.338 e. The Morgan fingerprint density at radius 1 is 0.333 bits per heavy atom. The molecule has 338 valence electrons. The lowest BCUT2D eigenvalue weighted by Gasteiger charge is -2.20. The molecule has 6 rings (SSSR count). The second-order valence-electron chi connectivity index (χ2n) is 14.9. The largest absolute Gasteiger partial charge is 0.423 e. The number of halogens is 2. The van der Waals surface area contributed by atoms with E-state index in [2.05, 4.69) is 26.3 Å². The first-order chi connectivity index (χ1) is 31.5. The van der Waals surface area contributed by atoms with E-state index >= 15 is 0 Å². The molecule has 0 saturated heterocycles. The number of hydrogen-bond acceptors (Lipinski definition) is 8. The molecule has 8 nitrogen and oxygen atoms in total. The van der Waals surface area contributed by atoms with Gasteiger partial charge in [0.1, 0.15) is 23.0 Å². The highest BCUT2D eigenvalue weighted by Gasteiger charge is 2.20. The van der Waals surface area contributed by atoms with Crippen molar-refractivity contribution in [3.63, 3.8) is 0 Å². The second kappa shape index (κ2) is 24.7. The summed E-state index contributed by atoms with van der Waals surface area (Å²) in [6.07, 6.45) is 0. The van der Waals surface area contributed by atoms with Crippen molar-refractivity contribution in [1.29, 1.82) is 0 Å². The lowest BCUT2D eigenvalue weighted by atomic mass is 9.85. The van der Waals surface area contributed by atoms with E-state index in [4.69, 9.17) is 42.1 Å². The van der Waals surface area contributed by atoms with Crippen molar-refractivity contribution in [2.45, 2.75) is 53.4 Å². The molecule has 0 radical (unpaired) electrons. The number of rotatable bonds is 14. The number of esters is 4. The molecular formula is C56H52Cl2O8. The van der Waals surface area contributed by atoms with E-state index in [0.717, 1.165) is 33.4 Å². The maximum atomic E-state index is 11.9. The fourth-order valence-corrected chi connectivity index (χ4v) is 6.41. The third kappa shape index (κ3) is 14.9. The molecule has 66 heavy (non-hydrogen) atoms. The van der Waals surface area contributed by atoms with Crippen LogP contribution in [0.5, 0.6) is 23.0 Å². The van der Waals surface area contributed by atoms with Crippen molar-refractivity contribution in [1.82, 2.24) is 0 Å². The Morgan fingerprint density at radius 3 is 0.636 bits per heavy atom. The summed E-state index contributed by atoms with van der Waals surface area (Å²) in [5.74, 6) is -0.448. The minimum absolute atomic E-state index is 0.00502. The van der Waals surface area contributed by atoms with Crippen molar-refractivity contribution in [2.24, 2.45) is 0 Å². The molecule has 0 heterocycles. The van der Waals surface area contributed by atoms with Crippen LogP contribution in [0.4, 0.5) is 0 Å². The monoisotopic (exact) mass is 922 g/mol. The molecular weight excluding hydrogens is 872 g/mol. The van der Waals surface area contributed by atoms with E-state index in [0.29, 0.717) is 55.3 Å². The van der Waals surface area contributed by atoms with E-state index in [1.54, 1.807) is 76.2 Å². The standard InChI is InChI=1S/C31H28O6.C23H18Cl2O2.C2H6/c1-19(2)29(32)35-25-13-7-22(8-14-25)28(23-9-15-26(16-10-23)36-30(33)20(3)4)24-11-17-27(18-12-24)37-31(34)21(5)6;1-15(2)23(26)27-21-13-7-18(8-14-21)22(16-3-9-19(24)10-4-16)17-5-11-20(25)12-6-17;1-2/h7-18,28H,1,3,5H2,2,4,6H3;3-14,22H,1H2,2H3;1-2H3. The van der Waals surface area contributed by atoms with Crippen LogP contribution in [0.1, 0.15) is 86.8 Å². The Balaban J connectivity index is 0.000000290. The van der Waals surface area contributed by atoms with Crippen LogP contribution in [0, 0.1) is 0 Å². The smallest absolute Gasteiger partial charge is 0.338 e. The first-order valence-electron chi connectivity index (χ1n) is 20.9. The van der Waals surface area contributed by atoms with Gasteiger partial charge in [-0.2, -0.15) is 0 Å². The Bertz CT molecular complexity index is 2450. The molecule has 6 aromatic carbocycles. The molecule has 6 aromatic rings. The van der Waals surface area contributed by atoms with Crippen molar-refractivity contribution < 1.29 is 38.1 Å². The third-order valence-electron chi connectivity index (χ3n) is 9.50. The molecule has 0 atom stereocenters. The van der Waals surface area contributed by atoms with Crippen LogP contribution in [-0.4, -0.2) is 23.9 Å². The Labute approximate surface area is 397 Å². The minimum atomic E-state index is -0.496. The summed E-state index contributed by atoms with van der Waals surface area (Å²) in [6.45, 7) is 24.8. The van der Waals surface area contributed by atoms with Crippen LogP contribution in [0.25, 0.3) is 0 Å². The van der Waals surface area contributed by atoms with Crippen LogP contribution in [0.2, 0.25) is 10.0 Å². The molecule has 0 aliphatic carbocycles. The second-order valence-corrected chi connectivity index (χ2v) is 15.8. The molecule has 10 heteroatoms. The van der Waals surface area contributed by atoms with Gasteiger partial charge in [-0.1, -0.05) is 136 Å². The van der Waals surface area contributed by atoms with Gasteiger partial charge in [-0.25, -0.2) is 19.2 Å². The third-order valence-corrected chi connectivity index (χ3v) is 10.0. The highest BCUT2D eigenvalue weighted by molar-refractivity contribution is 6.30. The molecule has 0 aliphatic heterocycles. The highest BCUT2D eigenvalue weighted by atomic mass is 35.5. The van der Waals surface area contributed by atoms with Crippen LogP contribution in [0.3, 0.4) is 0 Å². The topological polar surface area (TPSA) is 105 Å². The predicted molar refractivity (Wildman–Crippen MR) is 264 cm³/mol. The van der Waals surface area contributed by atoms with Crippen LogP contribution >= 0.6 is 23.2 Å². The predicted octanol–water partition coefficient (Wildman–Crippen LogP) is 14.0. The molecule has 0 aliphatic rings. The van der Waals surface area contributed by atoms with Gasteiger partial charge in [0.25, 0.3) is 0 Å². The van der Waals surface area contributed by atoms with Gasteiger partial charge in [0.05, 0.1) is 0 Å². The maximum absolute atomic E-state index is 11.9. The number of ether oxygens (including phenoxy) is 4. The Kier molecular flexibility index (Phi) is 19.2. The van der Waals surface area contributed by atoms with Gasteiger partial charge in [-0.05, 0) is 134 Å². The first kappa shape index (κ1) is 51.4. The molecule has 0 N–H and O–H groups in total. The summed E-state index contributed by atoms with van der Waals surface area (Å²) in [5, 5.41) is 1.38. The lowest BCUT2D eigenvalue weighted by Crippen LogP contribution is -2.10. The normalized spacial score (nSPS) is 10.3. The fourth-order valence-electron chi connectivity index (χ4n) is 6.16.